The molecule has 0 aliphatic rings. The fraction of sp³-hybridized carbons (Fsp3) is 0.0556. The Hall–Kier alpha value is -6.49. The number of nitrogens with one attached hydrogen (secondary N) is 1. The minimum Gasteiger partial charge on any atom is -0.505 e. The van der Waals surface area contributed by atoms with E-state index in [1.807, 2.05) is 0 Å². The molecule has 57 heavy (non-hydrogen) atoms. The Morgan fingerprint density at radius 2 is 1.23 bits per heavy atom. The lowest BCUT2D eigenvalue weighted by Crippen LogP contribution is -1.99. The summed E-state index contributed by atoms with van der Waals surface area (Å²) in [5.74, 6) is -0.348. The van der Waals surface area contributed by atoms with Gasteiger partial charge < -0.3 is 19.3 Å². The van der Waals surface area contributed by atoms with E-state index in [4.69, 9.17) is 8.92 Å². The van der Waals surface area contributed by atoms with Crippen molar-refractivity contribution in [2.24, 2.45) is 30.7 Å². The lowest BCUT2D eigenvalue weighted by molar-refractivity contribution is 0.416. The largest absolute Gasteiger partial charge is 0.505 e. The number of aromatic hydroxyl groups is 1. The predicted molar refractivity (Wildman–Crippen MR) is 210 cm³/mol. The molecule has 1 unspecified atom stereocenters. The van der Waals surface area contributed by atoms with Gasteiger partial charge in [-0.25, -0.2) is 0 Å². The van der Waals surface area contributed by atoms with E-state index in [9.17, 15) is 39.8 Å². The van der Waals surface area contributed by atoms with Crippen LogP contribution < -0.4 is 14.2 Å². The van der Waals surface area contributed by atoms with Gasteiger partial charge in [0.15, 0.2) is 17.2 Å². The molecule has 0 spiro atoms. The highest BCUT2D eigenvalue weighted by molar-refractivity contribution is 7.86. The third-order valence-corrected chi connectivity index (χ3v) is 9.93. The number of methoxy groups -OCH3 is 1. The summed E-state index contributed by atoms with van der Waals surface area (Å²) < 4.78 is 96.2. The molecule has 0 aromatic heterocycles. The van der Waals surface area contributed by atoms with Crippen molar-refractivity contribution in [1.29, 1.82) is 0 Å². The zero-order chi connectivity index (χ0) is 40.9. The number of aryl methyl sites for hydroxylation is 1. The Morgan fingerprint density at radius 1 is 0.632 bits per heavy atom. The first-order valence-electron chi connectivity index (χ1n) is 16.1. The smallest absolute Gasteiger partial charge is 0.357 e. The van der Waals surface area contributed by atoms with E-state index >= 15 is 0 Å². The number of fused-ring (bicyclic) bond motifs is 1. The van der Waals surface area contributed by atoms with Gasteiger partial charge in [0, 0.05) is 22.8 Å². The SMILES string of the molecule is COc1cc(N=Nc2cccc(S(=O)(=O)O)c2)ccc1N=Nc1ccc(N=Nc2c(OS(=O)O)cc3ccc(Nc4cccc(S(=O)(=O)O)c4)cc3c2O)cc1C. The van der Waals surface area contributed by atoms with Gasteiger partial charge >= 0.3 is 11.4 Å². The van der Waals surface area contributed by atoms with Crippen LogP contribution in [0.15, 0.2) is 150 Å². The minimum atomic E-state index is -4.44. The second-order valence-corrected chi connectivity index (χ2v) is 15.3. The van der Waals surface area contributed by atoms with Crippen LogP contribution >= 0.6 is 0 Å². The van der Waals surface area contributed by atoms with E-state index in [2.05, 4.69) is 36.0 Å². The van der Waals surface area contributed by atoms with E-state index < -0.39 is 37.3 Å². The molecule has 0 heterocycles. The molecule has 1 atom stereocenters. The monoisotopic (exact) mass is 831 g/mol. The van der Waals surface area contributed by atoms with Gasteiger partial charge in [0.05, 0.1) is 39.7 Å². The van der Waals surface area contributed by atoms with Crippen LogP contribution in [0.5, 0.6) is 17.2 Å². The van der Waals surface area contributed by atoms with Gasteiger partial charge in [-0.05, 0) is 103 Å². The first-order chi connectivity index (χ1) is 27.1. The molecule has 0 aliphatic carbocycles. The first kappa shape index (κ1) is 40.2. The van der Waals surface area contributed by atoms with Crippen molar-refractivity contribution < 1.29 is 48.7 Å². The van der Waals surface area contributed by atoms with E-state index in [0.717, 1.165) is 0 Å². The van der Waals surface area contributed by atoms with Crippen LogP contribution in [0, 0.1) is 6.92 Å². The maximum absolute atomic E-state index is 11.6. The van der Waals surface area contributed by atoms with Crippen molar-refractivity contribution in [3.8, 4) is 17.2 Å². The van der Waals surface area contributed by atoms with Gasteiger partial charge in [0.1, 0.15) is 11.4 Å². The van der Waals surface area contributed by atoms with Crippen LogP contribution in [0.1, 0.15) is 5.56 Å². The molecular formula is C36H29N7O11S3. The second-order valence-electron chi connectivity index (χ2n) is 11.8. The summed E-state index contributed by atoms with van der Waals surface area (Å²) >= 11 is -2.77. The normalized spacial score (nSPS) is 12.8. The van der Waals surface area contributed by atoms with Gasteiger partial charge in [-0.1, -0.05) is 18.2 Å². The number of anilines is 2. The van der Waals surface area contributed by atoms with E-state index in [1.54, 1.807) is 61.5 Å². The van der Waals surface area contributed by atoms with Crippen molar-refractivity contribution in [2.75, 3.05) is 12.4 Å². The third-order valence-electron chi connectivity index (χ3n) is 7.91. The second kappa shape index (κ2) is 16.7. The zero-order valence-corrected chi connectivity index (χ0v) is 31.9. The molecule has 0 saturated carbocycles. The van der Waals surface area contributed by atoms with Crippen LogP contribution in [-0.4, -0.2) is 46.9 Å². The van der Waals surface area contributed by atoms with Gasteiger partial charge in [-0.2, -0.15) is 41.5 Å². The quantitative estimate of drug-likeness (QED) is 0.0413. The fourth-order valence-electron chi connectivity index (χ4n) is 5.22. The lowest BCUT2D eigenvalue weighted by Gasteiger charge is -2.12. The zero-order valence-electron chi connectivity index (χ0n) is 29.4. The number of hydrogen-bond acceptors (Lipinski definition) is 15. The molecule has 0 aliphatic heterocycles. The molecule has 0 bridgehead atoms. The van der Waals surface area contributed by atoms with Crippen LogP contribution in [0.25, 0.3) is 10.8 Å². The standard InChI is InChI=1S/C36H29N7O11S3/c1-21-15-26(11-13-31(21)41-42-32-14-12-27(20-33(32)53-2)39-38-25-6-4-8-29(18-25)57(50,51)52)40-43-35-34(54-55(45)46)16-22-9-10-24(19-30(22)36(35)44)37-23-5-3-7-28(17-23)56(47,48)49/h3-20,37,44H,1-2H3,(H,45,46)(H,47,48,49)(H,50,51,52). The van der Waals surface area contributed by atoms with E-state index in [0.29, 0.717) is 50.8 Å². The Labute approximate surface area is 327 Å². The molecule has 0 saturated heterocycles. The fourth-order valence-corrected chi connectivity index (χ4v) is 6.55. The van der Waals surface area contributed by atoms with Crippen molar-refractivity contribution in [1.82, 2.24) is 0 Å². The number of nitrogens with zero attached hydrogens (tertiary/aromatic N) is 6. The summed E-state index contributed by atoms with van der Waals surface area (Å²) in [5.41, 5.74) is 2.86. The molecule has 0 amide bonds. The molecule has 21 heteroatoms. The summed E-state index contributed by atoms with van der Waals surface area (Å²) in [6.07, 6.45) is 0. The maximum atomic E-state index is 11.6. The van der Waals surface area contributed by atoms with Crippen molar-refractivity contribution in [3.05, 3.63) is 115 Å². The highest BCUT2D eigenvalue weighted by Crippen LogP contribution is 2.45. The Balaban J connectivity index is 1.22. The van der Waals surface area contributed by atoms with Crippen molar-refractivity contribution in [3.63, 3.8) is 0 Å². The maximum Gasteiger partial charge on any atom is 0.357 e. The summed E-state index contributed by atoms with van der Waals surface area (Å²) in [6, 6.07) is 26.5. The van der Waals surface area contributed by atoms with Crippen molar-refractivity contribution in [2.45, 2.75) is 16.7 Å². The van der Waals surface area contributed by atoms with Crippen LogP contribution in [0.3, 0.4) is 0 Å². The molecule has 6 aromatic rings. The number of hydrogen-bond donors (Lipinski definition) is 5. The predicted octanol–water partition coefficient (Wildman–Crippen LogP) is 9.86. The highest BCUT2D eigenvalue weighted by Gasteiger charge is 2.18. The molecule has 0 fully saturated rings. The number of phenolic OH excluding ortho intramolecular Hbond substituents is 1. The molecule has 0 radical (unpaired) electrons. The van der Waals surface area contributed by atoms with Gasteiger partial charge in [-0.15, -0.1) is 10.2 Å². The molecular weight excluding hydrogens is 803 g/mol. The minimum absolute atomic E-state index is 0.198. The highest BCUT2D eigenvalue weighted by atomic mass is 32.2. The third kappa shape index (κ3) is 10.0. The molecule has 5 N–H and O–H groups in total. The molecule has 6 aromatic carbocycles. The molecule has 6 rings (SSSR count). The van der Waals surface area contributed by atoms with Gasteiger partial charge in [-0.3, -0.25) is 13.7 Å². The Morgan fingerprint density at radius 3 is 1.89 bits per heavy atom. The summed E-state index contributed by atoms with van der Waals surface area (Å²) in [4.78, 5) is -0.635. The average Bonchev–Trinajstić information content (AvgIpc) is 3.16. The lowest BCUT2D eigenvalue weighted by atomic mass is 10.1. The number of rotatable bonds is 13. The number of ether oxygens (including phenoxy) is 1. The average molecular weight is 832 g/mol. The topological polar surface area (TPSA) is 271 Å². The number of phenols is 1. The van der Waals surface area contributed by atoms with Crippen LogP contribution in [-0.2, 0) is 31.6 Å². The summed E-state index contributed by atoms with van der Waals surface area (Å²) in [6.45, 7) is 1.75. The van der Waals surface area contributed by atoms with Gasteiger partial charge in [0.25, 0.3) is 20.2 Å². The van der Waals surface area contributed by atoms with Gasteiger partial charge in [0.2, 0.25) is 0 Å². The van der Waals surface area contributed by atoms with Crippen LogP contribution in [0.2, 0.25) is 0 Å². The molecule has 292 valence electrons. The van der Waals surface area contributed by atoms with Crippen molar-refractivity contribution >= 4 is 87.9 Å². The number of azo groups is 3. The van der Waals surface area contributed by atoms with E-state index in [-0.39, 0.29) is 32.3 Å². The first-order valence-corrected chi connectivity index (χ1v) is 20.0. The molecule has 18 nitrogen and oxygen atoms in total. The van der Waals surface area contributed by atoms with Crippen LogP contribution in [0.4, 0.5) is 45.5 Å². The number of benzene rings is 6. The van der Waals surface area contributed by atoms with E-state index in [1.165, 1.54) is 61.7 Å². The summed E-state index contributed by atoms with van der Waals surface area (Å²) in [5, 5.41) is 40.0. The Bertz CT molecular complexity index is 2870. The Kier molecular flexibility index (Phi) is 11.8. The summed E-state index contributed by atoms with van der Waals surface area (Å²) in [7, 11) is -7.41.